The van der Waals surface area contributed by atoms with Crippen LogP contribution in [0.5, 0.6) is 11.6 Å². The van der Waals surface area contributed by atoms with Crippen molar-refractivity contribution in [1.29, 1.82) is 0 Å². The molecule has 0 amide bonds. The molecule has 0 aliphatic heterocycles. The summed E-state index contributed by atoms with van der Waals surface area (Å²) in [5.41, 5.74) is 2.00. The monoisotopic (exact) mass is 468 g/mol. The van der Waals surface area contributed by atoms with Gasteiger partial charge in [0.05, 0.1) is 24.2 Å². The number of aromatic nitrogens is 1. The molecule has 3 aromatic carbocycles. The molecule has 0 fully saturated rings. The summed E-state index contributed by atoms with van der Waals surface area (Å²) >= 11 is 11.4. The Balaban J connectivity index is 1.62. The van der Waals surface area contributed by atoms with E-state index in [1.54, 1.807) is 47.0 Å². The SMILES string of the molecule is COc1ccc(NC(=S)N=Nc2c(O)n(Cc3ccccc3F)c3ccccc23)cc1Cl. The van der Waals surface area contributed by atoms with Crippen molar-refractivity contribution < 1.29 is 14.2 Å². The molecular weight excluding hydrogens is 451 g/mol. The number of hydrogen-bond acceptors (Lipinski definition) is 4. The third-order valence-corrected chi connectivity index (χ3v) is 5.33. The van der Waals surface area contributed by atoms with Crippen LogP contribution in [0.2, 0.25) is 5.02 Å². The summed E-state index contributed by atoms with van der Waals surface area (Å²) in [5.74, 6) is 0.0576. The minimum Gasteiger partial charge on any atom is -0.495 e. The topological polar surface area (TPSA) is 71.1 Å². The van der Waals surface area contributed by atoms with E-state index in [2.05, 4.69) is 15.5 Å². The Morgan fingerprint density at radius 2 is 1.91 bits per heavy atom. The highest BCUT2D eigenvalue weighted by Gasteiger charge is 2.17. The van der Waals surface area contributed by atoms with Gasteiger partial charge in [0, 0.05) is 16.6 Å². The van der Waals surface area contributed by atoms with Crippen molar-refractivity contribution in [3.63, 3.8) is 0 Å². The van der Waals surface area contributed by atoms with Gasteiger partial charge in [-0.1, -0.05) is 48.0 Å². The summed E-state index contributed by atoms with van der Waals surface area (Å²) in [5, 5.41) is 23.1. The van der Waals surface area contributed by atoms with Gasteiger partial charge in [0.25, 0.3) is 0 Å². The first-order chi connectivity index (χ1) is 15.5. The number of ether oxygens (including phenoxy) is 1. The molecule has 0 bridgehead atoms. The number of hydrogen-bond donors (Lipinski definition) is 2. The van der Waals surface area contributed by atoms with Gasteiger partial charge in [-0.3, -0.25) is 0 Å². The summed E-state index contributed by atoms with van der Waals surface area (Å²) in [6.45, 7) is 0.140. The Morgan fingerprint density at radius 1 is 1.16 bits per heavy atom. The van der Waals surface area contributed by atoms with Gasteiger partial charge in [0.15, 0.2) is 5.69 Å². The van der Waals surface area contributed by atoms with E-state index in [1.807, 2.05) is 18.2 Å². The van der Waals surface area contributed by atoms with E-state index >= 15 is 0 Å². The zero-order valence-corrected chi connectivity index (χ0v) is 18.5. The Kier molecular flexibility index (Phi) is 6.34. The van der Waals surface area contributed by atoms with Crippen molar-refractivity contribution >= 4 is 51.2 Å². The van der Waals surface area contributed by atoms with Crippen LogP contribution in [0, 0.1) is 5.82 Å². The molecule has 32 heavy (non-hydrogen) atoms. The lowest BCUT2D eigenvalue weighted by Crippen LogP contribution is -2.04. The highest BCUT2D eigenvalue weighted by molar-refractivity contribution is 7.80. The first-order valence-corrected chi connectivity index (χ1v) is 10.4. The van der Waals surface area contributed by atoms with Gasteiger partial charge in [0.2, 0.25) is 11.0 Å². The van der Waals surface area contributed by atoms with Crippen LogP contribution >= 0.6 is 23.8 Å². The van der Waals surface area contributed by atoms with Crippen LogP contribution in [-0.2, 0) is 6.54 Å². The molecule has 0 saturated carbocycles. The summed E-state index contributed by atoms with van der Waals surface area (Å²) < 4.78 is 20.9. The molecule has 0 aliphatic rings. The normalized spacial score (nSPS) is 11.2. The average molecular weight is 469 g/mol. The molecule has 9 heteroatoms. The standard InChI is InChI=1S/C23H18ClFN4O2S/c1-31-20-11-10-15(12-17(20)24)26-23(32)28-27-21-16-7-3-5-9-19(16)29(22(21)30)13-14-6-2-4-8-18(14)25/h2-12,30H,13H2,1H3,(H,26,32). The predicted octanol–water partition coefficient (Wildman–Crippen LogP) is 6.68. The fourth-order valence-electron chi connectivity index (χ4n) is 3.32. The molecule has 162 valence electrons. The van der Waals surface area contributed by atoms with Crippen LogP contribution in [0.25, 0.3) is 10.9 Å². The fourth-order valence-corrected chi connectivity index (χ4v) is 3.73. The lowest BCUT2D eigenvalue weighted by atomic mass is 10.2. The number of anilines is 1. The Hall–Kier alpha value is -3.49. The van der Waals surface area contributed by atoms with E-state index in [4.69, 9.17) is 28.6 Å². The first-order valence-electron chi connectivity index (χ1n) is 9.58. The maximum Gasteiger partial charge on any atom is 0.221 e. The van der Waals surface area contributed by atoms with Crippen LogP contribution in [0.15, 0.2) is 77.0 Å². The van der Waals surface area contributed by atoms with Gasteiger partial charge in [-0.15, -0.1) is 10.2 Å². The molecule has 0 atom stereocenters. The van der Waals surface area contributed by atoms with Gasteiger partial charge in [0.1, 0.15) is 11.6 Å². The van der Waals surface area contributed by atoms with Gasteiger partial charge < -0.3 is 19.7 Å². The van der Waals surface area contributed by atoms with E-state index in [1.165, 1.54) is 13.2 Å². The number of thiocarbonyl (C=S) groups is 1. The third kappa shape index (κ3) is 4.42. The maximum absolute atomic E-state index is 14.2. The number of halogens is 2. The number of rotatable bonds is 5. The van der Waals surface area contributed by atoms with Crippen LogP contribution in [0.1, 0.15) is 5.56 Å². The largest absolute Gasteiger partial charge is 0.495 e. The molecule has 4 aromatic rings. The number of benzene rings is 3. The molecule has 6 nitrogen and oxygen atoms in total. The molecule has 0 aliphatic carbocycles. The van der Waals surface area contributed by atoms with Crippen molar-refractivity contribution in [1.82, 2.24) is 4.57 Å². The number of nitrogens with zero attached hydrogens (tertiary/aromatic N) is 3. The van der Waals surface area contributed by atoms with Crippen LogP contribution in [0.4, 0.5) is 15.8 Å². The third-order valence-electron chi connectivity index (χ3n) is 4.85. The second kappa shape index (κ2) is 9.33. The number of methoxy groups -OCH3 is 1. The smallest absolute Gasteiger partial charge is 0.221 e. The molecule has 0 saturated heterocycles. The number of fused-ring (bicyclic) bond motifs is 1. The van der Waals surface area contributed by atoms with Crippen molar-refractivity contribution in [2.45, 2.75) is 6.54 Å². The summed E-state index contributed by atoms with van der Waals surface area (Å²) in [6, 6.07) is 18.8. The second-order valence-electron chi connectivity index (χ2n) is 6.85. The minimum atomic E-state index is -0.351. The highest BCUT2D eigenvalue weighted by Crippen LogP contribution is 2.39. The van der Waals surface area contributed by atoms with E-state index in [0.717, 1.165) is 0 Å². The van der Waals surface area contributed by atoms with E-state index in [-0.39, 0.29) is 29.0 Å². The Morgan fingerprint density at radius 3 is 2.66 bits per heavy atom. The van der Waals surface area contributed by atoms with Crippen molar-refractivity contribution in [3.8, 4) is 11.6 Å². The van der Waals surface area contributed by atoms with Gasteiger partial charge in [-0.05, 0) is 42.5 Å². The Labute approximate surface area is 193 Å². The zero-order valence-electron chi connectivity index (χ0n) is 16.9. The van der Waals surface area contributed by atoms with E-state index in [9.17, 15) is 9.50 Å². The second-order valence-corrected chi connectivity index (χ2v) is 7.64. The van der Waals surface area contributed by atoms with Crippen LogP contribution in [0.3, 0.4) is 0 Å². The number of para-hydroxylation sites is 1. The molecule has 4 rings (SSSR count). The van der Waals surface area contributed by atoms with Crippen molar-refractivity contribution in [2.75, 3.05) is 12.4 Å². The number of aromatic hydroxyl groups is 1. The molecule has 0 spiro atoms. The van der Waals surface area contributed by atoms with Gasteiger partial charge >= 0.3 is 0 Å². The van der Waals surface area contributed by atoms with Crippen LogP contribution < -0.4 is 10.1 Å². The quantitative estimate of drug-likeness (QED) is 0.253. The highest BCUT2D eigenvalue weighted by atomic mass is 35.5. The lowest BCUT2D eigenvalue weighted by molar-refractivity contribution is 0.415. The fraction of sp³-hybridized carbons (Fsp3) is 0.0870. The molecule has 1 aromatic heterocycles. The minimum absolute atomic E-state index is 0.0802. The Bertz CT molecular complexity index is 1340. The number of nitrogens with one attached hydrogen (secondary N) is 1. The summed E-state index contributed by atoms with van der Waals surface area (Å²) in [4.78, 5) is 0. The lowest BCUT2D eigenvalue weighted by Gasteiger charge is -2.08. The summed E-state index contributed by atoms with van der Waals surface area (Å²) in [7, 11) is 1.53. The van der Waals surface area contributed by atoms with Gasteiger partial charge in [-0.25, -0.2) is 4.39 Å². The predicted molar refractivity (Wildman–Crippen MR) is 128 cm³/mol. The molecular formula is C23H18ClFN4O2S. The van der Waals surface area contributed by atoms with Gasteiger partial charge in [-0.2, -0.15) is 0 Å². The maximum atomic E-state index is 14.2. The van der Waals surface area contributed by atoms with E-state index < -0.39 is 0 Å². The number of azo groups is 1. The molecule has 0 radical (unpaired) electrons. The average Bonchev–Trinajstić information content (AvgIpc) is 3.05. The molecule has 0 unspecified atom stereocenters. The summed E-state index contributed by atoms with van der Waals surface area (Å²) in [6.07, 6.45) is 0. The van der Waals surface area contributed by atoms with E-state index in [0.29, 0.717) is 32.9 Å². The van der Waals surface area contributed by atoms with Crippen molar-refractivity contribution in [2.24, 2.45) is 10.2 Å². The molecule has 1 heterocycles. The molecule has 2 N–H and O–H groups in total. The zero-order chi connectivity index (χ0) is 22.7. The first kappa shape index (κ1) is 21.7. The van der Waals surface area contributed by atoms with Crippen LogP contribution in [-0.4, -0.2) is 21.9 Å². The van der Waals surface area contributed by atoms with Crippen molar-refractivity contribution in [3.05, 3.63) is 83.1 Å².